The van der Waals surface area contributed by atoms with Gasteiger partial charge in [-0.1, -0.05) is 21.6 Å². The summed E-state index contributed by atoms with van der Waals surface area (Å²) < 4.78 is 9.44. The zero-order chi connectivity index (χ0) is 11.7. The zero-order valence-electron chi connectivity index (χ0n) is 8.89. The van der Waals surface area contributed by atoms with Crippen molar-refractivity contribution in [3.8, 4) is 0 Å². The first-order chi connectivity index (χ1) is 6.98. The number of nitrogens with two attached hydrogens (primary N) is 1. The molecular formula is C8H17NO4S2. The van der Waals surface area contributed by atoms with E-state index in [0.717, 1.165) is 0 Å². The summed E-state index contributed by atoms with van der Waals surface area (Å²) in [6, 6.07) is 0. The Kier molecular flexibility index (Phi) is 8.03. The molecule has 0 fully saturated rings. The van der Waals surface area contributed by atoms with Crippen LogP contribution in [0.3, 0.4) is 0 Å². The molecule has 0 aliphatic rings. The predicted octanol–water partition coefficient (Wildman–Crippen LogP) is 1.77. The van der Waals surface area contributed by atoms with Crippen molar-refractivity contribution in [2.45, 2.75) is 18.6 Å². The van der Waals surface area contributed by atoms with Crippen molar-refractivity contribution in [1.82, 2.24) is 0 Å². The highest BCUT2D eigenvalue weighted by atomic mass is 33.1. The molecule has 0 rings (SSSR count). The topological polar surface area (TPSA) is 81.8 Å². The third kappa shape index (κ3) is 10.2. The van der Waals surface area contributed by atoms with Crippen LogP contribution in [0.1, 0.15) is 13.8 Å². The van der Waals surface area contributed by atoms with Crippen molar-refractivity contribution in [3.05, 3.63) is 0 Å². The number of rotatable bonds is 8. The molecule has 0 aromatic rings. The highest BCUT2D eigenvalue weighted by Crippen LogP contribution is 2.34. The molecule has 0 saturated carbocycles. The maximum Gasteiger partial charge on any atom is 0.505 e. The second kappa shape index (κ2) is 8.09. The lowest BCUT2D eigenvalue weighted by Gasteiger charge is -2.20. The van der Waals surface area contributed by atoms with Crippen LogP contribution in [0.5, 0.6) is 0 Å². The molecule has 0 aliphatic heterocycles. The number of carboxylic acid groups (broad SMARTS) is 1. The smallest absolute Gasteiger partial charge is 0.450 e. The molecule has 0 aromatic heterocycles. The molecule has 3 N–H and O–H groups in total. The van der Waals surface area contributed by atoms with Crippen LogP contribution in [-0.4, -0.2) is 41.7 Å². The molecule has 0 unspecified atom stereocenters. The van der Waals surface area contributed by atoms with Crippen molar-refractivity contribution in [2.75, 3.05) is 25.7 Å². The van der Waals surface area contributed by atoms with E-state index in [-0.39, 0.29) is 18.0 Å². The van der Waals surface area contributed by atoms with E-state index in [1.54, 1.807) is 21.6 Å². The fourth-order valence-electron chi connectivity index (χ4n) is 0.498. The quantitative estimate of drug-likeness (QED) is 0.296. The summed E-state index contributed by atoms with van der Waals surface area (Å²) in [5.41, 5.74) is 5.54. The van der Waals surface area contributed by atoms with Crippen LogP contribution in [0.2, 0.25) is 0 Å². The predicted molar refractivity (Wildman–Crippen MR) is 63.1 cm³/mol. The van der Waals surface area contributed by atoms with Crippen molar-refractivity contribution < 1.29 is 19.4 Å². The molecule has 0 aromatic carbocycles. The number of ether oxygens (including phenoxy) is 2. The molecule has 0 radical (unpaired) electrons. The van der Waals surface area contributed by atoms with Gasteiger partial charge >= 0.3 is 6.16 Å². The van der Waals surface area contributed by atoms with Gasteiger partial charge in [0.2, 0.25) is 0 Å². The normalized spacial score (nSPS) is 11.4. The van der Waals surface area contributed by atoms with Gasteiger partial charge in [0.15, 0.2) is 0 Å². The monoisotopic (exact) mass is 255 g/mol. The highest BCUT2D eigenvalue weighted by Gasteiger charge is 2.15. The van der Waals surface area contributed by atoms with Gasteiger partial charge in [-0.15, -0.1) is 0 Å². The van der Waals surface area contributed by atoms with Gasteiger partial charge in [0.25, 0.3) is 0 Å². The zero-order valence-corrected chi connectivity index (χ0v) is 10.5. The van der Waals surface area contributed by atoms with Crippen molar-refractivity contribution in [2.24, 2.45) is 5.73 Å². The first-order valence-corrected chi connectivity index (χ1v) is 6.74. The summed E-state index contributed by atoms with van der Waals surface area (Å²) in [5, 5.41) is 8.15. The maximum atomic E-state index is 9.96. The van der Waals surface area contributed by atoms with Gasteiger partial charge in [0.1, 0.15) is 12.5 Å². The average molecular weight is 255 g/mol. The molecule has 7 heteroatoms. The summed E-state index contributed by atoms with van der Waals surface area (Å²) in [7, 11) is 3.21. The van der Waals surface area contributed by atoms with E-state index in [4.69, 9.17) is 15.6 Å². The van der Waals surface area contributed by atoms with Crippen LogP contribution >= 0.6 is 21.6 Å². The first-order valence-electron chi connectivity index (χ1n) is 4.42. The largest absolute Gasteiger partial charge is 0.505 e. The van der Waals surface area contributed by atoms with Crippen molar-refractivity contribution >= 4 is 27.7 Å². The lowest BCUT2D eigenvalue weighted by molar-refractivity contribution is 0.0601. The Morgan fingerprint density at radius 3 is 2.67 bits per heavy atom. The lowest BCUT2D eigenvalue weighted by Crippen LogP contribution is -2.25. The minimum absolute atomic E-state index is 0.0333. The second-order valence-electron chi connectivity index (χ2n) is 3.31. The number of hydrogen-bond donors (Lipinski definition) is 2. The Morgan fingerprint density at radius 2 is 2.13 bits per heavy atom. The molecule has 0 heterocycles. The third-order valence-corrected chi connectivity index (χ3v) is 4.36. The fraction of sp³-hybridized carbons (Fsp3) is 0.875. The van der Waals surface area contributed by atoms with Gasteiger partial charge in [-0.2, -0.15) is 0 Å². The van der Waals surface area contributed by atoms with Crippen LogP contribution in [0.4, 0.5) is 4.79 Å². The van der Waals surface area contributed by atoms with E-state index < -0.39 is 6.16 Å². The van der Waals surface area contributed by atoms with Gasteiger partial charge in [-0.05, 0) is 13.8 Å². The highest BCUT2D eigenvalue weighted by molar-refractivity contribution is 8.77. The molecule has 0 aliphatic carbocycles. The Hall–Kier alpha value is -0.110. The average Bonchev–Trinajstić information content (AvgIpc) is 2.16. The molecule has 0 amide bonds. The molecule has 0 atom stereocenters. The van der Waals surface area contributed by atoms with E-state index >= 15 is 0 Å². The SMILES string of the molecule is CC(C)(CN)SSCOCCOC(=O)O. The lowest BCUT2D eigenvalue weighted by atomic mass is 10.2. The van der Waals surface area contributed by atoms with E-state index in [1.807, 2.05) is 0 Å². The third-order valence-electron chi connectivity index (χ3n) is 1.36. The summed E-state index contributed by atoms with van der Waals surface area (Å²) in [4.78, 5) is 9.96. The Balaban J connectivity index is 3.22. The minimum atomic E-state index is -1.27. The standard InChI is InChI=1S/C8H17NO4S2/c1-8(2,5-9)15-14-6-12-3-4-13-7(10)11/h3-6,9H2,1-2H3,(H,10,11). The Bertz CT molecular complexity index is 189. The first kappa shape index (κ1) is 14.9. The second-order valence-corrected chi connectivity index (χ2v) is 6.26. The van der Waals surface area contributed by atoms with E-state index in [0.29, 0.717) is 12.5 Å². The van der Waals surface area contributed by atoms with Gasteiger partial charge in [0, 0.05) is 11.3 Å². The molecule has 0 spiro atoms. The fourth-order valence-corrected chi connectivity index (χ4v) is 2.63. The summed E-state index contributed by atoms with van der Waals surface area (Å²) in [6.45, 7) is 5.06. The van der Waals surface area contributed by atoms with Crippen LogP contribution in [-0.2, 0) is 9.47 Å². The Morgan fingerprint density at radius 1 is 1.47 bits per heavy atom. The van der Waals surface area contributed by atoms with Crippen LogP contribution in [0.25, 0.3) is 0 Å². The summed E-state index contributed by atoms with van der Waals surface area (Å²) in [6.07, 6.45) is -1.27. The molecule has 15 heavy (non-hydrogen) atoms. The minimum Gasteiger partial charge on any atom is -0.450 e. The molecular weight excluding hydrogens is 238 g/mol. The summed E-state index contributed by atoms with van der Waals surface area (Å²) in [5.74, 6) is 0.497. The van der Waals surface area contributed by atoms with E-state index in [2.05, 4.69) is 18.6 Å². The molecule has 90 valence electrons. The Labute approximate surface area is 97.5 Å². The molecule has 0 bridgehead atoms. The van der Waals surface area contributed by atoms with Gasteiger partial charge < -0.3 is 20.3 Å². The van der Waals surface area contributed by atoms with Crippen molar-refractivity contribution in [3.63, 3.8) is 0 Å². The molecule has 5 nitrogen and oxygen atoms in total. The van der Waals surface area contributed by atoms with Crippen LogP contribution in [0, 0.1) is 0 Å². The van der Waals surface area contributed by atoms with Crippen LogP contribution < -0.4 is 5.73 Å². The van der Waals surface area contributed by atoms with Gasteiger partial charge in [-0.25, -0.2) is 4.79 Å². The van der Waals surface area contributed by atoms with Gasteiger partial charge in [-0.3, -0.25) is 0 Å². The van der Waals surface area contributed by atoms with E-state index in [1.165, 1.54) is 0 Å². The maximum absolute atomic E-state index is 9.96. The summed E-state index contributed by atoms with van der Waals surface area (Å²) >= 11 is 0. The number of hydrogen-bond acceptors (Lipinski definition) is 6. The van der Waals surface area contributed by atoms with Gasteiger partial charge in [0.05, 0.1) is 6.61 Å². The number of carbonyl (C=O) groups is 1. The molecule has 0 saturated heterocycles. The van der Waals surface area contributed by atoms with Crippen molar-refractivity contribution in [1.29, 1.82) is 0 Å². The van der Waals surface area contributed by atoms with E-state index in [9.17, 15) is 4.79 Å². The van der Waals surface area contributed by atoms with Crippen LogP contribution in [0.15, 0.2) is 0 Å².